The fraction of sp³-hybridized carbons (Fsp3) is 0. The van der Waals surface area contributed by atoms with E-state index in [9.17, 15) is 0 Å². The maximum absolute atomic E-state index is 15.5. The van der Waals surface area contributed by atoms with Gasteiger partial charge in [-0.1, -0.05) is 0 Å². The van der Waals surface area contributed by atoms with E-state index in [4.69, 9.17) is 526 Å². The van der Waals surface area contributed by atoms with Crippen LogP contribution < -0.4 is 0 Å². The van der Waals surface area contributed by atoms with Gasteiger partial charge in [-0.2, -0.15) is 0 Å². The summed E-state index contributed by atoms with van der Waals surface area (Å²) in [7, 11) is 503. The molecule has 0 aliphatic heterocycles. The van der Waals surface area contributed by atoms with Crippen LogP contribution in [-0.2, 0) is 0 Å². The molecule has 0 aromatic heterocycles. The molecule has 0 heterocycles. The van der Waals surface area contributed by atoms with E-state index in [0.29, 0.717) is 0 Å². The van der Waals surface area contributed by atoms with E-state index in [1.54, 1.807) is 0 Å². The molecule has 0 aliphatic carbocycles. The Morgan fingerprint density at radius 1 is 0.101 bits per heavy atom. The Balaban J connectivity index is 17.4. The van der Waals surface area contributed by atoms with Crippen molar-refractivity contribution >= 4 is 961 Å². The first-order valence-electron chi connectivity index (χ1n) is 45.5. The molecule has 1 nitrogen and oxygen atoms in total. The lowest BCUT2D eigenvalue weighted by molar-refractivity contribution is 1.56. The van der Waals surface area contributed by atoms with Crippen molar-refractivity contribution < 1.29 is 0 Å². The molecule has 0 fully saturated rings. The largest absolute Gasteiger partial charge is 0.214 e. The normalized spacial score (nSPS) is 9.82. The Hall–Kier alpha value is 8.32. The van der Waals surface area contributed by atoms with Crippen molar-refractivity contribution in [2.45, 2.75) is 0 Å². The number of rotatable bonds is 67. The second kappa shape index (κ2) is 67.8. The molecular weight excluding hydrogens is 1500 g/mol. The lowest BCUT2D eigenvalue weighted by Crippen LogP contribution is -3.01. The molecule has 0 aliphatic rings. The molecular formula is CB136N. The highest BCUT2D eigenvalue weighted by Gasteiger charge is 2.72. The van der Waals surface area contributed by atoms with Gasteiger partial charge in [0.2, 0.25) is 0 Å². The van der Waals surface area contributed by atoms with Crippen LogP contribution in [-0.4, -0.2) is 961 Å². The highest BCUT2D eigenvalue weighted by atomic mass is 14.2. The Bertz CT molecular complexity index is 2630. The molecule has 417 valence electrons. The summed E-state index contributed by atoms with van der Waals surface area (Å²) in [5.41, 5.74) is 0. The van der Waals surface area contributed by atoms with Gasteiger partial charge >= 0.3 is 0 Å². The lowest BCUT2D eigenvalue weighted by Gasteiger charge is -2.62. The van der Waals surface area contributed by atoms with Crippen LogP contribution in [0.3, 0.4) is 0 Å². The third-order valence-corrected chi connectivity index (χ3v) is 29.6. The van der Waals surface area contributed by atoms with Crippen molar-refractivity contribution in [2.75, 3.05) is 0 Å². The van der Waals surface area contributed by atoms with Gasteiger partial charge in [-0.15, -0.1) is 0 Å². The van der Waals surface area contributed by atoms with Crippen LogP contribution in [0.1, 0.15) is 0 Å². The van der Waals surface area contributed by atoms with Crippen molar-refractivity contribution in [3.8, 4) is 5.97 Å². The van der Waals surface area contributed by atoms with Crippen molar-refractivity contribution in [3.05, 3.63) is 0 Å². The second-order valence-corrected chi connectivity index (χ2v) is 39.0. The van der Waals surface area contributed by atoms with E-state index in [-0.39, 0.29) is 0 Å². The molecule has 0 saturated heterocycles. The molecule has 0 aromatic carbocycles. The maximum atomic E-state index is 15.5. The zero-order chi connectivity index (χ0) is 109. The summed E-state index contributed by atoms with van der Waals surface area (Å²) < 4.78 is 0. The Morgan fingerprint density at radius 2 is 0.167 bits per heavy atom. The third kappa shape index (κ3) is 38.8. The van der Waals surface area contributed by atoms with Gasteiger partial charge in [-0.3, -0.25) is 0 Å². The Kier molecular flexibility index (Phi) is 71.9. The first-order chi connectivity index (χ1) is 62.9. The van der Waals surface area contributed by atoms with Gasteiger partial charge in [0.25, 0.3) is 0 Å². The summed E-state index contributed by atoms with van der Waals surface area (Å²) in [4.78, 5) is 0. The molecule has 0 spiro atoms. The fourth-order valence-corrected chi connectivity index (χ4v) is 25.1. The summed E-state index contributed by atoms with van der Waals surface area (Å²) in [5.74, 6) is 2.65. The predicted octanol–water partition coefficient (Wildman–Crippen LogP) is -51.8. The Labute approximate surface area is 961 Å². The molecule has 0 atom stereocenters. The molecule has 138 heavy (non-hydrogen) atoms. The van der Waals surface area contributed by atoms with Crippen LogP contribution in [0.5, 0.6) is 0 Å². The number of nitriles is 1. The van der Waals surface area contributed by atoms with Gasteiger partial charge in [-0.25, -0.2) is 5.26 Å². The smallest absolute Gasteiger partial charge is 0.168 e. The molecule has 137 radical (unpaired) electrons. The van der Waals surface area contributed by atoms with Crippen LogP contribution in [0.2, 0.25) is 0 Å². The molecule has 0 bridgehead atoms. The van der Waals surface area contributed by atoms with Gasteiger partial charge in [-0.05, 0) is 5.97 Å². The number of nitrogens with zero attached hydrogens (tertiary/aromatic N) is 1. The first-order valence-corrected chi connectivity index (χ1v) is 45.5. The van der Waals surface area contributed by atoms with E-state index < -0.39 is 428 Å². The molecule has 0 unspecified atom stereocenters. The summed E-state index contributed by atoms with van der Waals surface area (Å²) >= 11 is 0. The maximum Gasteiger partial charge on any atom is 0.168 e. The van der Waals surface area contributed by atoms with E-state index in [1.807, 2.05) is 0 Å². The molecule has 0 saturated carbocycles. The van der Waals surface area contributed by atoms with Crippen molar-refractivity contribution in [1.29, 1.82) is 5.26 Å². The van der Waals surface area contributed by atoms with Crippen LogP contribution >= 0.6 is 0 Å². The topological polar surface area (TPSA) is 23.8 Å². The van der Waals surface area contributed by atoms with Crippen molar-refractivity contribution in [2.24, 2.45) is 0 Å². The molecule has 0 aromatic rings. The number of hydrogen-bond acceptors (Lipinski definition) is 1. The summed E-state index contributed by atoms with van der Waals surface area (Å²) in [6.07, 6.45) is -147. The van der Waals surface area contributed by atoms with Gasteiger partial charge in [0.05, 0.1) is 0 Å². The van der Waals surface area contributed by atoms with Crippen LogP contribution in [0.15, 0.2) is 0 Å². The lowest BCUT2D eigenvalue weighted by atomic mass is 8.19. The minimum Gasteiger partial charge on any atom is -0.214 e. The van der Waals surface area contributed by atoms with Gasteiger partial charge in [0, 0.05) is 955 Å². The zero-order valence-electron chi connectivity index (χ0n) is 79.5. The zero-order valence-corrected chi connectivity index (χ0v) is 79.5. The van der Waals surface area contributed by atoms with Gasteiger partial charge < -0.3 is 0 Å². The van der Waals surface area contributed by atoms with E-state index >= 15 is 5.26 Å². The minimum absolute atomic E-state index is 0.851. The third-order valence-electron chi connectivity index (χ3n) is 29.6. The molecule has 0 rings (SSSR count). The summed E-state index contributed by atoms with van der Waals surface area (Å²) in [6, 6.07) is 0. The highest BCUT2D eigenvalue weighted by molar-refractivity contribution is 8.46. The minimum atomic E-state index is -3.08. The van der Waals surface area contributed by atoms with Crippen LogP contribution in [0.25, 0.3) is 0 Å². The van der Waals surface area contributed by atoms with Gasteiger partial charge in [0.15, 0.2) is 6.49 Å². The monoisotopic (exact) mass is 1520 g/mol. The van der Waals surface area contributed by atoms with Gasteiger partial charge in [0.1, 0.15) is 0 Å². The Morgan fingerprint density at radius 3 is 0.225 bits per heavy atom. The van der Waals surface area contributed by atoms with Crippen LogP contribution in [0.4, 0.5) is 0 Å². The fourth-order valence-electron chi connectivity index (χ4n) is 25.1. The summed E-state index contributed by atoms with van der Waals surface area (Å²) in [6.45, 7) is -3.08. The first kappa shape index (κ1) is 146. The predicted molar refractivity (Wildman–Crippen MR) is 788 cm³/mol. The van der Waals surface area contributed by atoms with Crippen LogP contribution in [0, 0.1) is 11.2 Å². The average Bonchev–Trinajstić information content (AvgIpc) is 0.703. The molecule has 0 amide bonds. The van der Waals surface area contributed by atoms with Crippen molar-refractivity contribution in [1.82, 2.24) is 0 Å². The second-order valence-electron chi connectivity index (χ2n) is 39.0. The average molecular weight is 1500 g/mol. The molecule has 137 heteroatoms. The highest BCUT2D eigenvalue weighted by Crippen LogP contribution is 2.33. The standard InChI is InChI=1S/CB136N/c2-70-105(69)124(104(67)68)137(136(122(100(59)60)101(61)62)123(102(63)64)103(65)66)128(135(120(96(51)52)97(53)54)121(98(55)56)99(57)58)107(127(133(116(88(35)36)89(37)38)117(90(39)40)91(41)42)134(118(92(43)44)93(45)46)119(94(47)48)95(49)50)71(1-138)106(125(129(108(72(3)4)73(5)6)109(74(7)8)75(9)10)130(110(76(11)12)77(13)14)111(78(15)16)79(17)18)126(131(112(80(19)20)81(21)22)113(82(23)24)83(25)26)132(114(84(27)28)85(29)30)115(86(31)32)87(33)34. The summed E-state index contributed by atoms with van der Waals surface area (Å²) in [5, 5.41) is 15.5. The molecule has 0 N–H and O–H groups in total. The van der Waals surface area contributed by atoms with Crippen molar-refractivity contribution in [3.63, 3.8) is 0 Å². The van der Waals surface area contributed by atoms with E-state index in [0.717, 1.165) is 7.06 Å². The number of hydrogen-bond donors (Lipinski definition) is 0. The SMILES string of the molecule is [B][B]B([B])B(B([B])[B])B(B(B(B([B])[B])B([B])[B])B(B([B])[B])B([B])[B])B(B(B(C#N)B(B(B(B(B([B])[B])B([B])[B])B(B([B])[B])B([B])[B])B(B(B([B])[B])B([B])[B])B(B([B])[B])B([B])[B])B(B(B(B([B])[B])B([B])[B])B(B([B])[B])B([B])[B])B(B(B([B])[B])B([B])[B])B(B([B])[B])B([B])[B])B(B(B(B([B])[B])B([B])[B])B(B([B])[B])B([B])[B])B(B(B([B])[B])B([B])[B])B(B([B])[B])B([B])[B])B(B(B([B])[B])B([B])[B])B(B([B])[B])B([B])[B]. The van der Waals surface area contributed by atoms with E-state index in [2.05, 4.69) is 5.97 Å². The van der Waals surface area contributed by atoms with E-state index in [1.165, 1.54) is 0 Å². The quantitative estimate of drug-likeness (QED) is 0.0557.